The molecule has 39 heavy (non-hydrogen) atoms. The molecule has 0 bridgehead atoms. The number of carbonyl (C=O) groups is 4. The van der Waals surface area contributed by atoms with E-state index >= 15 is 0 Å². The maximum atomic E-state index is 13.4. The summed E-state index contributed by atoms with van der Waals surface area (Å²) >= 11 is 0. The monoisotopic (exact) mass is 523 g/mol. The van der Waals surface area contributed by atoms with E-state index in [4.69, 9.17) is 0 Å². The summed E-state index contributed by atoms with van der Waals surface area (Å²) in [5, 5.41) is 14.2. The van der Waals surface area contributed by atoms with Crippen LogP contribution in [0.5, 0.6) is 0 Å². The number of fused-ring (bicyclic) bond motifs is 1. The number of piperidine rings is 2. The van der Waals surface area contributed by atoms with Gasteiger partial charge < -0.3 is 5.11 Å². The summed E-state index contributed by atoms with van der Waals surface area (Å²) in [5.74, 6) is -2.18. The molecule has 8 heteroatoms. The predicted molar refractivity (Wildman–Crippen MR) is 142 cm³/mol. The highest BCUT2D eigenvalue weighted by Crippen LogP contribution is 2.44. The number of nitrogens with zero attached hydrogens (tertiary/aromatic N) is 2. The molecule has 2 saturated heterocycles. The third-order valence-corrected chi connectivity index (χ3v) is 8.17. The Kier molecular flexibility index (Phi) is 6.37. The van der Waals surface area contributed by atoms with Crippen molar-refractivity contribution in [3.8, 4) is 0 Å². The van der Waals surface area contributed by atoms with Gasteiger partial charge >= 0.3 is 0 Å². The molecule has 0 aliphatic carbocycles. The van der Waals surface area contributed by atoms with Crippen LogP contribution in [0.2, 0.25) is 0 Å². The number of amides is 4. The van der Waals surface area contributed by atoms with E-state index in [1.54, 1.807) is 18.2 Å². The number of benzene rings is 3. The van der Waals surface area contributed by atoms with Gasteiger partial charge in [-0.3, -0.25) is 34.3 Å². The van der Waals surface area contributed by atoms with E-state index in [-0.39, 0.29) is 30.0 Å². The minimum absolute atomic E-state index is 0.0595. The first-order valence-electron chi connectivity index (χ1n) is 13.3. The fourth-order valence-electron chi connectivity index (χ4n) is 6.07. The molecule has 0 radical (unpaired) electrons. The molecule has 6 rings (SSSR count). The minimum Gasteiger partial charge on any atom is -0.385 e. The molecule has 198 valence electrons. The van der Waals surface area contributed by atoms with Gasteiger partial charge in [-0.1, -0.05) is 66.7 Å². The lowest BCUT2D eigenvalue weighted by molar-refractivity contribution is -0.136. The molecular formula is C31H29N3O5. The van der Waals surface area contributed by atoms with E-state index in [1.807, 2.05) is 36.4 Å². The molecule has 0 saturated carbocycles. The normalized spacial score (nSPS) is 25.5. The quantitative estimate of drug-likeness (QED) is 0.497. The molecule has 3 aromatic carbocycles. The first-order chi connectivity index (χ1) is 18.8. The molecule has 0 spiro atoms. The number of likely N-dealkylation sites (tertiary alicyclic amines) is 1. The van der Waals surface area contributed by atoms with Crippen molar-refractivity contribution in [2.45, 2.75) is 49.9 Å². The second kappa shape index (κ2) is 9.87. The zero-order valence-electron chi connectivity index (χ0n) is 21.4. The maximum Gasteiger partial charge on any atom is 0.262 e. The van der Waals surface area contributed by atoms with Crippen LogP contribution in [0.25, 0.3) is 0 Å². The van der Waals surface area contributed by atoms with Crippen molar-refractivity contribution in [2.75, 3.05) is 6.54 Å². The summed E-state index contributed by atoms with van der Waals surface area (Å²) in [6, 6.07) is 24.1. The third-order valence-electron chi connectivity index (χ3n) is 8.17. The fourth-order valence-corrected chi connectivity index (χ4v) is 6.07. The largest absolute Gasteiger partial charge is 0.385 e. The average Bonchev–Trinajstić information content (AvgIpc) is 3.20. The van der Waals surface area contributed by atoms with Gasteiger partial charge in [0.1, 0.15) is 6.04 Å². The van der Waals surface area contributed by atoms with Crippen LogP contribution in [0.15, 0.2) is 78.9 Å². The molecule has 4 amide bonds. The highest BCUT2D eigenvalue weighted by molar-refractivity contribution is 6.23. The smallest absolute Gasteiger partial charge is 0.262 e. The molecule has 0 aromatic heterocycles. The van der Waals surface area contributed by atoms with Gasteiger partial charge in [0.15, 0.2) is 0 Å². The number of hydrogen-bond acceptors (Lipinski definition) is 6. The van der Waals surface area contributed by atoms with E-state index in [0.717, 1.165) is 17.0 Å². The fraction of sp³-hybridized carbons (Fsp3) is 0.290. The van der Waals surface area contributed by atoms with Crippen LogP contribution in [-0.4, -0.2) is 51.1 Å². The van der Waals surface area contributed by atoms with Crippen LogP contribution in [0.3, 0.4) is 0 Å². The van der Waals surface area contributed by atoms with Crippen LogP contribution in [0, 0.1) is 0 Å². The second-order valence-electron chi connectivity index (χ2n) is 10.6. The van der Waals surface area contributed by atoms with Gasteiger partial charge in [0.25, 0.3) is 11.8 Å². The van der Waals surface area contributed by atoms with Crippen molar-refractivity contribution in [1.82, 2.24) is 15.1 Å². The minimum atomic E-state index is -1.21. The predicted octanol–water partition coefficient (Wildman–Crippen LogP) is 3.31. The number of aliphatic hydroxyl groups is 1. The molecule has 2 N–H and O–H groups in total. The van der Waals surface area contributed by atoms with Crippen LogP contribution >= 0.6 is 0 Å². The molecule has 2 fully saturated rings. The lowest BCUT2D eigenvalue weighted by Crippen LogP contribution is -2.54. The summed E-state index contributed by atoms with van der Waals surface area (Å²) < 4.78 is 0. The Labute approximate surface area is 226 Å². The number of rotatable bonds is 5. The highest BCUT2D eigenvalue weighted by Gasteiger charge is 2.46. The summed E-state index contributed by atoms with van der Waals surface area (Å²) in [7, 11) is 0. The lowest BCUT2D eigenvalue weighted by Gasteiger charge is -2.44. The van der Waals surface area contributed by atoms with Crippen molar-refractivity contribution < 1.29 is 24.3 Å². The Balaban J connectivity index is 1.29. The van der Waals surface area contributed by atoms with Crippen molar-refractivity contribution in [3.63, 3.8) is 0 Å². The summed E-state index contributed by atoms with van der Waals surface area (Å²) in [5.41, 5.74) is 2.04. The molecule has 3 aromatic rings. The van der Waals surface area contributed by atoms with Gasteiger partial charge in [0.05, 0.1) is 16.7 Å². The van der Waals surface area contributed by atoms with Crippen LogP contribution < -0.4 is 5.32 Å². The van der Waals surface area contributed by atoms with Crippen LogP contribution in [0.4, 0.5) is 0 Å². The first-order valence-corrected chi connectivity index (χ1v) is 13.3. The molecular weight excluding hydrogens is 494 g/mol. The molecule has 3 aliphatic heterocycles. The number of nitrogens with one attached hydrogen (secondary N) is 1. The van der Waals surface area contributed by atoms with Gasteiger partial charge in [-0.05, 0) is 41.7 Å². The first kappa shape index (κ1) is 25.2. The van der Waals surface area contributed by atoms with Crippen LogP contribution in [-0.2, 0) is 21.7 Å². The topological polar surface area (TPSA) is 107 Å². The zero-order valence-corrected chi connectivity index (χ0v) is 21.4. The molecule has 2 unspecified atom stereocenters. The van der Waals surface area contributed by atoms with Gasteiger partial charge in [-0.2, -0.15) is 0 Å². The van der Waals surface area contributed by atoms with E-state index in [0.29, 0.717) is 24.9 Å². The number of hydrogen-bond donors (Lipinski definition) is 2. The lowest BCUT2D eigenvalue weighted by atomic mass is 9.78. The van der Waals surface area contributed by atoms with E-state index in [9.17, 15) is 24.3 Å². The standard InChI is InChI=1S/C31H29N3O5/c35-27-14-13-25(28(36)32-27)34-29(37)23-12-11-22(17-24(23)30(34)38)31(39)15-16-33(19-20-7-3-1-4-8-20)26(18-31)21-9-5-2-6-10-21/h1-12,17,25-26,39H,13-16,18-19H2,(H,32,35,36)/t25?,26-,31?/m0/s1. The SMILES string of the molecule is O=C1CCC(N2C(=O)c3ccc(C4(O)CCN(Cc5ccccc5)[C@H](c5ccccc5)C4)cc3C2=O)C(=O)N1. The summed E-state index contributed by atoms with van der Waals surface area (Å²) in [6.45, 7) is 1.38. The third kappa shape index (κ3) is 4.56. The highest BCUT2D eigenvalue weighted by atomic mass is 16.3. The second-order valence-corrected chi connectivity index (χ2v) is 10.6. The van der Waals surface area contributed by atoms with Crippen molar-refractivity contribution >= 4 is 23.6 Å². The van der Waals surface area contributed by atoms with E-state index in [1.165, 1.54) is 5.56 Å². The Morgan fingerprint density at radius 3 is 2.26 bits per heavy atom. The Bertz CT molecular complexity index is 1460. The average molecular weight is 524 g/mol. The van der Waals surface area contributed by atoms with E-state index < -0.39 is 35.3 Å². The molecule has 8 nitrogen and oxygen atoms in total. The Morgan fingerprint density at radius 1 is 0.846 bits per heavy atom. The Morgan fingerprint density at radius 2 is 1.54 bits per heavy atom. The zero-order chi connectivity index (χ0) is 27.1. The van der Waals surface area contributed by atoms with Gasteiger partial charge in [-0.25, -0.2) is 0 Å². The van der Waals surface area contributed by atoms with Crippen LogP contribution in [0.1, 0.15) is 69.1 Å². The maximum absolute atomic E-state index is 13.4. The van der Waals surface area contributed by atoms with Gasteiger partial charge in [0.2, 0.25) is 11.8 Å². The van der Waals surface area contributed by atoms with Gasteiger partial charge in [-0.15, -0.1) is 0 Å². The van der Waals surface area contributed by atoms with Crippen molar-refractivity contribution in [2.24, 2.45) is 0 Å². The van der Waals surface area contributed by atoms with E-state index in [2.05, 4.69) is 34.5 Å². The van der Waals surface area contributed by atoms with Crippen molar-refractivity contribution in [1.29, 1.82) is 0 Å². The summed E-state index contributed by atoms with van der Waals surface area (Å²) in [4.78, 5) is 53.8. The molecule has 3 heterocycles. The molecule has 3 aliphatic rings. The molecule has 3 atom stereocenters. The van der Waals surface area contributed by atoms with Crippen molar-refractivity contribution in [3.05, 3.63) is 107 Å². The Hall–Kier alpha value is -4.14. The number of carbonyl (C=O) groups excluding carboxylic acids is 4. The van der Waals surface area contributed by atoms with Gasteiger partial charge in [0, 0.05) is 32.0 Å². The number of imide groups is 2. The summed E-state index contributed by atoms with van der Waals surface area (Å²) in [6.07, 6.45) is 1.04.